The van der Waals surface area contributed by atoms with Crippen LogP contribution in [0.1, 0.15) is 17.8 Å². The standard InChI is InChI=1S/C23H20ClFN4O2/c1-31-17-7-4-15(5-8-17)14-29-21(28-20-3-2-12-26-23(20)29)10-11-22(30)27-16-6-9-19(25)18(24)13-16/h2-9,12-13H,10-11,14H2,1H3,(H,27,30). The molecule has 31 heavy (non-hydrogen) atoms. The predicted molar refractivity (Wildman–Crippen MR) is 118 cm³/mol. The molecule has 4 aromatic rings. The highest BCUT2D eigenvalue weighted by molar-refractivity contribution is 6.31. The Morgan fingerprint density at radius 1 is 1.19 bits per heavy atom. The minimum absolute atomic E-state index is 0.0369. The fourth-order valence-electron chi connectivity index (χ4n) is 3.30. The molecule has 0 spiro atoms. The maximum Gasteiger partial charge on any atom is 0.224 e. The first-order valence-electron chi connectivity index (χ1n) is 9.71. The number of aromatic nitrogens is 3. The average Bonchev–Trinajstić information content (AvgIpc) is 3.13. The van der Waals surface area contributed by atoms with E-state index >= 15 is 0 Å². The zero-order chi connectivity index (χ0) is 21.8. The second-order valence-corrected chi connectivity index (χ2v) is 7.39. The lowest BCUT2D eigenvalue weighted by Crippen LogP contribution is -2.14. The van der Waals surface area contributed by atoms with E-state index in [2.05, 4.69) is 15.3 Å². The topological polar surface area (TPSA) is 69.0 Å². The van der Waals surface area contributed by atoms with Crippen LogP contribution in [0.4, 0.5) is 10.1 Å². The molecule has 0 aliphatic carbocycles. The summed E-state index contributed by atoms with van der Waals surface area (Å²) in [5.74, 6) is 0.810. The van der Waals surface area contributed by atoms with Gasteiger partial charge in [0, 0.05) is 24.7 Å². The normalized spacial score (nSPS) is 10.9. The summed E-state index contributed by atoms with van der Waals surface area (Å²) in [6.07, 6.45) is 2.36. The van der Waals surface area contributed by atoms with Gasteiger partial charge in [0.2, 0.25) is 5.91 Å². The van der Waals surface area contributed by atoms with Crippen molar-refractivity contribution in [3.63, 3.8) is 0 Å². The summed E-state index contributed by atoms with van der Waals surface area (Å²) < 4.78 is 20.5. The number of fused-ring (bicyclic) bond motifs is 1. The van der Waals surface area contributed by atoms with Gasteiger partial charge in [-0.1, -0.05) is 23.7 Å². The fraction of sp³-hybridized carbons (Fsp3) is 0.174. The van der Waals surface area contributed by atoms with Gasteiger partial charge < -0.3 is 14.6 Å². The van der Waals surface area contributed by atoms with E-state index < -0.39 is 5.82 Å². The average molecular weight is 439 g/mol. The molecule has 2 heterocycles. The highest BCUT2D eigenvalue weighted by Gasteiger charge is 2.14. The number of rotatable bonds is 7. The SMILES string of the molecule is COc1ccc(Cn2c(CCC(=O)Nc3ccc(F)c(Cl)c3)nc3cccnc32)cc1. The van der Waals surface area contributed by atoms with E-state index in [4.69, 9.17) is 16.3 Å². The van der Waals surface area contributed by atoms with Gasteiger partial charge in [-0.15, -0.1) is 0 Å². The van der Waals surface area contributed by atoms with Crippen molar-refractivity contribution in [2.45, 2.75) is 19.4 Å². The van der Waals surface area contributed by atoms with Gasteiger partial charge in [0.1, 0.15) is 22.9 Å². The molecule has 0 fully saturated rings. The number of anilines is 1. The van der Waals surface area contributed by atoms with E-state index in [-0.39, 0.29) is 17.4 Å². The van der Waals surface area contributed by atoms with Gasteiger partial charge in [-0.3, -0.25) is 4.79 Å². The van der Waals surface area contributed by atoms with Crippen LogP contribution in [0.25, 0.3) is 11.2 Å². The summed E-state index contributed by atoms with van der Waals surface area (Å²) in [4.78, 5) is 21.6. The summed E-state index contributed by atoms with van der Waals surface area (Å²) in [5, 5.41) is 2.70. The largest absolute Gasteiger partial charge is 0.497 e. The third-order valence-corrected chi connectivity index (χ3v) is 5.15. The van der Waals surface area contributed by atoms with Crippen molar-refractivity contribution < 1.29 is 13.9 Å². The molecule has 0 aliphatic heterocycles. The molecule has 0 saturated heterocycles. The van der Waals surface area contributed by atoms with Gasteiger partial charge in [0.15, 0.2) is 5.65 Å². The van der Waals surface area contributed by atoms with Crippen LogP contribution in [0, 0.1) is 5.82 Å². The molecular formula is C23H20ClFN4O2. The van der Waals surface area contributed by atoms with Crippen LogP contribution in [0.15, 0.2) is 60.8 Å². The van der Waals surface area contributed by atoms with Crippen LogP contribution in [0.5, 0.6) is 5.75 Å². The Bertz CT molecular complexity index is 1220. The highest BCUT2D eigenvalue weighted by Crippen LogP contribution is 2.21. The molecule has 0 saturated carbocycles. The third kappa shape index (κ3) is 4.83. The molecule has 2 aromatic heterocycles. The Hall–Kier alpha value is -3.45. The first-order valence-corrected chi connectivity index (χ1v) is 10.1. The molecule has 0 bridgehead atoms. The maximum absolute atomic E-state index is 13.3. The molecule has 0 atom stereocenters. The molecule has 1 amide bonds. The summed E-state index contributed by atoms with van der Waals surface area (Å²) in [5.41, 5.74) is 3.05. The number of imidazole rings is 1. The van der Waals surface area contributed by atoms with E-state index in [0.717, 1.165) is 28.3 Å². The molecule has 8 heteroatoms. The number of carbonyl (C=O) groups excluding carboxylic acids is 1. The van der Waals surface area contributed by atoms with Gasteiger partial charge in [-0.25, -0.2) is 14.4 Å². The number of aryl methyl sites for hydroxylation is 1. The summed E-state index contributed by atoms with van der Waals surface area (Å²) in [7, 11) is 1.63. The highest BCUT2D eigenvalue weighted by atomic mass is 35.5. The van der Waals surface area contributed by atoms with E-state index in [1.54, 1.807) is 13.3 Å². The van der Waals surface area contributed by atoms with Crippen molar-refractivity contribution in [1.29, 1.82) is 0 Å². The number of pyridine rings is 1. The van der Waals surface area contributed by atoms with Gasteiger partial charge in [0.05, 0.1) is 18.7 Å². The van der Waals surface area contributed by atoms with E-state index in [0.29, 0.717) is 18.7 Å². The number of nitrogens with one attached hydrogen (secondary N) is 1. The molecule has 158 valence electrons. The minimum Gasteiger partial charge on any atom is -0.497 e. The van der Waals surface area contributed by atoms with Crippen LogP contribution in [0.3, 0.4) is 0 Å². The van der Waals surface area contributed by atoms with Crippen molar-refractivity contribution in [1.82, 2.24) is 14.5 Å². The molecule has 0 unspecified atom stereocenters. The smallest absolute Gasteiger partial charge is 0.224 e. The quantitative estimate of drug-likeness (QED) is 0.447. The Balaban J connectivity index is 1.51. The van der Waals surface area contributed by atoms with Crippen molar-refractivity contribution in [2.24, 2.45) is 0 Å². The van der Waals surface area contributed by atoms with E-state index in [1.165, 1.54) is 18.2 Å². The summed E-state index contributed by atoms with van der Waals surface area (Å²) >= 11 is 5.78. The zero-order valence-corrected chi connectivity index (χ0v) is 17.6. The lowest BCUT2D eigenvalue weighted by Gasteiger charge is -2.10. The van der Waals surface area contributed by atoms with Gasteiger partial charge in [-0.2, -0.15) is 0 Å². The number of hydrogen-bond donors (Lipinski definition) is 1. The lowest BCUT2D eigenvalue weighted by molar-refractivity contribution is -0.116. The van der Waals surface area contributed by atoms with Crippen molar-refractivity contribution in [3.8, 4) is 5.75 Å². The Morgan fingerprint density at radius 2 is 2.00 bits per heavy atom. The number of hydrogen-bond acceptors (Lipinski definition) is 4. The number of halogens is 2. The monoisotopic (exact) mass is 438 g/mol. The van der Waals surface area contributed by atoms with Crippen LogP contribution in [-0.2, 0) is 17.8 Å². The van der Waals surface area contributed by atoms with Crippen molar-refractivity contribution in [2.75, 3.05) is 12.4 Å². The van der Waals surface area contributed by atoms with E-state index in [1.807, 2.05) is 41.0 Å². The second kappa shape index (κ2) is 9.14. The first kappa shape index (κ1) is 20.8. The lowest BCUT2D eigenvalue weighted by atomic mass is 10.2. The number of benzene rings is 2. The number of methoxy groups -OCH3 is 1. The molecule has 4 rings (SSSR count). The number of ether oxygens (including phenoxy) is 1. The minimum atomic E-state index is -0.528. The van der Waals surface area contributed by atoms with Crippen LogP contribution >= 0.6 is 11.6 Å². The second-order valence-electron chi connectivity index (χ2n) is 6.99. The maximum atomic E-state index is 13.3. The van der Waals surface area contributed by atoms with Gasteiger partial charge >= 0.3 is 0 Å². The van der Waals surface area contributed by atoms with Gasteiger partial charge in [0.25, 0.3) is 0 Å². The molecular weight excluding hydrogens is 419 g/mol. The predicted octanol–water partition coefficient (Wildman–Crippen LogP) is 4.85. The van der Waals surface area contributed by atoms with Crippen LogP contribution < -0.4 is 10.1 Å². The molecule has 0 aliphatic rings. The van der Waals surface area contributed by atoms with Gasteiger partial charge in [-0.05, 0) is 48.0 Å². The fourth-order valence-corrected chi connectivity index (χ4v) is 3.48. The van der Waals surface area contributed by atoms with Crippen molar-refractivity contribution in [3.05, 3.63) is 83.0 Å². The Kier molecular flexibility index (Phi) is 6.13. The zero-order valence-electron chi connectivity index (χ0n) is 16.8. The van der Waals surface area contributed by atoms with Crippen LogP contribution in [0.2, 0.25) is 5.02 Å². The Labute approximate surface area is 183 Å². The first-order chi connectivity index (χ1) is 15.0. The molecule has 1 N–H and O–H groups in total. The summed E-state index contributed by atoms with van der Waals surface area (Å²) in [6.45, 7) is 0.571. The molecule has 2 aromatic carbocycles. The number of nitrogens with zero attached hydrogens (tertiary/aromatic N) is 3. The van der Waals surface area contributed by atoms with E-state index in [9.17, 15) is 9.18 Å². The molecule has 6 nitrogen and oxygen atoms in total. The number of amides is 1. The third-order valence-electron chi connectivity index (χ3n) is 4.86. The number of carbonyl (C=O) groups is 1. The summed E-state index contributed by atoms with van der Waals surface area (Å²) in [6, 6.07) is 15.6. The molecule has 0 radical (unpaired) electrons. The van der Waals surface area contributed by atoms with Crippen LogP contribution in [-0.4, -0.2) is 27.6 Å². The van der Waals surface area contributed by atoms with Crippen molar-refractivity contribution >= 4 is 34.4 Å². The Morgan fingerprint density at radius 3 is 2.74 bits per heavy atom.